The van der Waals surface area contributed by atoms with Crippen LogP contribution in [0.15, 0.2) is 41.2 Å². The van der Waals surface area contributed by atoms with Crippen LogP contribution in [0.1, 0.15) is 62.9 Å². The minimum Gasteiger partial charge on any atom is -0.476 e. The lowest BCUT2D eigenvalue weighted by atomic mass is 9.96. The van der Waals surface area contributed by atoms with E-state index in [-0.39, 0.29) is 6.04 Å². The number of aromatic nitrogens is 2. The van der Waals surface area contributed by atoms with Crippen molar-refractivity contribution in [2.75, 3.05) is 0 Å². The zero-order chi connectivity index (χ0) is 21.5. The van der Waals surface area contributed by atoms with Gasteiger partial charge in [-0.15, -0.1) is 0 Å². The van der Waals surface area contributed by atoms with Crippen molar-refractivity contribution in [2.45, 2.75) is 76.2 Å². The predicted molar refractivity (Wildman–Crippen MR) is 117 cm³/mol. The average Bonchev–Trinajstić information content (AvgIpc) is 3.07. The van der Waals surface area contributed by atoms with Gasteiger partial charge in [0.15, 0.2) is 0 Å². The van der Waals surface area contributed by atoms with Crippen LogP contribution in [-0.4, -0.2) is 43.7 Å². The van der Waals surface area contributed by atoms with Gasteiger partial charge in [0.05, 0.1) is 16.7 Å². The van der Waals surface area contributed by atoms with Crippen molar-refractivity contribution in [1.82, 2.24) is 14.5 Å². The number of carboxylic acids is 1. The minimum absolute atomic E-state index is 0.231. The third kappa shape index (κ3) is 3.68. The Morgan fingerprint density at radius 3 is 2.77 bits per heavy atom. The maximum atomic E-state index is 13.1. The van der Waals surface area contributed by atoms with E-state index in [2.05, 4.69) is 29.0 Å². The molecule has 4 rings (SSSR count). The van der Waals surface area contributed by atoms with Crippen LogP contribution in [0.2, 0.25) is 0 Å². The number of rotatable bonds is 5. The van der Waals surface area contributed by atoms with Crippen LogP contribution in [-0.2, 0) is 5.66 Å². The summed E-state index contributed by atoms with van der Waals surface area (Å²) in [5.41, 5.74) is 5.62. The van der Waals surface area contributed by atoms with E-state index in [1.807, 2.05) is 13.0 Å². The third-order valence-electron chi connectivity index (χ3n) is 6.58. The second-order valence-electron chi connectivity index (χ2n) is 8.91. The molecule has 2 aromatic rings. The fourth-order valence-electron chi connectivity index (χ4n) is 5.29. The molecule has 1 saturated heterocycles. The summed E-state index contributed by atoms with van der Waals surface area (Å²) < 4.78 is 1.44. The zero-order valence-electron chi connectivity index (χ0n) is 17.6. The summed E-state index contributed by atoms with van der Waals surface area (Å²) in [6.07, 6.45) is 10.7. The van der Waals surface area contributed by atoms with Crippen LogP contribution >= 0.6 is 0 Å². The van der Waals surface area contributed by atoms with Gasteiger partial charge < -0.3 is 10.8 Å². The van der Waals surface area contributed by atoms with E-state index in [1.54, 1.807) is 18.2 Å². The second kappa shape index (κ2) is 7.96. The number of allylic oxidation sites excluding steroid dienone is 1. The first kappa shape index (κ1) is 20.8. The normalized spacial score (nSPS) is 26.7. The number of nitrogens with two attached hydrogens (primary N) is 1. The summed E-state index contributed by atoms with van der Waals surface area (Å²) in [6, 6.07) is 8.17. The van der Waals surface area contributed by atoms with Gasteiger partial charge in [-0.1, -0.05) is 24.3 Å². The van der Waals surface area contributed by atoms with Crippen molar-refractivity contribution >= 4 is 17.0 Å². The number of carboxylic acid groups (broad SMARTS) is 1. The molecule has 1 aromatic heterocycles. The zero-order valence-corrected chi connectivity index (χ0v) is 17.6. The van der Waals surface area contributed by atoms with Crippen molar-refractivity contribution < 1.29 is 9.90 Å². The SMILES string of the molecule is C[C@H]1CC[C@@H](C[C@@](C)(N)n2c(=O)c(C(=O)O)nc3ccccc32)N1C1C=CCCC1. The van der Waals surface area contributed by atoms with Crippen LogP contribution in [0.3, 0.4) is 0 Å². The lowest BCUT2D eigenvalue weighted by molar-refractivity contribution is 0.0686. The Morgan fingerprint density at radius 1 is 1.30 bits per heavy atom. The molecule has 2 aliphatic rings. The standard InChI is InChI=1S/C23H30N4O3/c1-15-12-13-17(26(15)16-8-4-3-5-9-16)14-23(2,24)27-19-11-7-6-10-18(19)25-20(21(27)28)22(29)30/h4,6-8,10-11,15-17H,3,5,9,12-14,24H2,1-2H3,(H,29,30)/t15-,16?,17-,23-/m0/s1. The molecular weight excluding hydrogens is 380 g/mol. The van der Waals surface area contributed by atoms with Crippen LogP contribution in [0.5, 0.6) is 0 Å². The Balaban J connectivity index is 1.75. The number of hydrogen-bond acceptors (Lipinski definition) is 5. The van der Waals surface area contributed by atoms with Gasteiger partial charge in [0.25, 0.3) is 5.56 Å². The summed E-state index contributed by atoms with van der Waals surface area (Å²) in [4.78, 5) is 31.4. The number of hydrogen-bond donors (Lipinski definition) is 2. The van der Waals surface area contributed by atoms with Gasteiger partial charge in [-0.25, -0.2) is 9.78 Å². The van der Waals surface area contributed by atoms with Gasteiger partial charge in [0.1, 0.15) is 0 Å². The molecular formula is C23H30N4O3. The molecule has 3 N–H and O–H groups in total. The molecule has 2 heterocycles. The Hall–Kier alpha value is -2.51. The van der Waals surface area contributed by atoms with Crippen molar-refractivity contribution in [2.24, 2.45) is 5.73 Å². The summed E-state index contributed by atoms with van der Waals surface area (Å²) in [5, 5.41) is 9.51. The number of likely N-dealkylation sites (tertiary alicyclic amines) is 1. The lowest BCUT2D eigenvalue weighted by Gasteiger charge is -2.40. The van der Waals surface area contributed by atoms with Crippen molar-refractivity contribution in [3.63, 3.8) is 0 Å². The molecule has 7 nitrogen and oxygen atoms in total. The summed E-state index contributed by atoms with van der Waals surface area (Å²) in [6.45, 7) is 4.08. The van der Waals surface area contributed by atoms with Crippen molar-refractivity contribution in [1.29, 1.82) is 0 Å². The number of benzene rings is 1. The van der Waals surface area contributed by atoms with E-state index in [4.69, 9.17) is 5.73 Å². The molecule has 0 bridgehead atoms. The Kier molecular flexibility index (Phi) is 5.51. The van der Waals surface area contributed by atoms with Crippen molar-refractivity contribution in [3.05, 3.63) is 52.5 Å². The number of nitrogens with zero attached hydrogens (tertiary/aromatic N) is 3. The first-order valence-electron chi connectivity index (χ1n) is 10.8. The predicted octanol–water partition coefficient (Wildman–Crippen LogP) is 3.08. The Morgan fingerprint density at radius 2 is 2.07 bits per heavy atom. The Labute approximate surface area is 176 Å². The Bertz CT molecular complexity index is 1040. The van der Waals surface area contributed by atoms with E-state index >= 15 is 0 Å². The number of aromatic carboxylic acids is 1. The fraction of sp³-hybridized carbons (Fsp3) is 0.522. The largest absolute Gasteiger partial charge is 0.476 e. The molecule has 7 heteroatoms. The molecule has 0 amide bonds. The highest BCUT2D eigenvalue weighted by molar-refractivity contribution is 5.88. The van der Waals surface area contributed by atoms with E-state index in [9.17, 15) is 14.7 Å². The number of fused-ring (bicyclic) bond motifs is 1. The van der Waals surface area contributed by atoms with Crippen LogP contribution < -0.4 is 11.3 Å². The van der Waals surface area contributed by atoms with Gasteiger partial charge in [0, 0.05) is 18.1 Å². The van der Waals surface area contributed by atoms with E-state index in [0.29, 0.717) is 29.5 Å². The quantitative estimate of drug-likeness (QED) is 0.735. The van der Waals surface area contributed by atoms with Gasteiger partial charge in [-0.3, -0.25) is 14.3 Å². The monoisotopic (exact) mass is 410 g/mol. The molecule has 1 aliphatic carbocycles. The van der Waals surface area contributed by atoms with E-state index in [0.717, 1.165) is 25.7 Å². The third-order valence-corrected chi connectivity index (χ3v) is 6.58. The maximum Gasteiger partial charge on any atom is 0.360 e. The molecule has 1 unspecified atom stereocenters. The molecule has 4 atom stereocenters. The van der Waals surface area contributed by atoms with E-state index < -0.39 is 22.9 Å². The molecule has 30 heavy (non-hydrogen) atoms. The smallest absolute Gasteiger partial charge is 0.360 e. The molecule has 0 radical (unpaired) electrons. The van der Waals surface area contributed by atoms with Crippen LogP contribution in [0.25, 0.3) is 11.0 Å². The van der Waals surface area contributed by atoms with Crippen molar-refractivity contribution in [3.8, 4) is 0 Å². The van der Waals surface area contributed by atoms with Gasteiger partial charge in [-0.2, -0.15) is 0 Å². The summed E-state index contributed by atoms with van der Waals surface area (Å²) in [7, 11) is 0. The maximum absolute atomic E-state index is 13.1. The highest BCUT2D eigenvalue weighted by atomic mass is 16.4. The number of para-hydroxylation sites is 2. The first-order chi connectivity index (χ1) is 14.3. The highest BCUT2D eigenvalue weighted by Gasteiger charge is 2.40. The number of carbonyl (C=O) groups is 1. The average molecular weight is 411 g/mol. The first-order valence-corrected chi connectivity index (χ1v) is 10.8. The lowest BCUT2D eigenvalue weighted by Crippen LogP contribution is -2.53. The molecule has 1 aromatic carbocycles. The highest BCUT2D eigenvalue weighted by Crippen LogP contribution is 2.35. The van der Waals surface area contributed by atoms with E-state index in [1.165, 1.54) is 11.0 Å². The van der Waals surface area contributed by atoms with Gasteiger partial charge >= 0.3 is 5.97 Å². The van der Waals surface area contributed by atoms with Crippen LogP contribution in [0.4, 0.5) is 0 Å². The second-order valence-corrected chi connectivity index (χ2v) is 8.91. The van der Waals surface area contributed by atoms with Crippen LogP contribution in [0, 0.1) is 0 Å². The summed E-state index contributed by atoms with van der Waals surface area (Å²) in [5.74, 6) is -1.33. The molecule has 160 valence electrons. The van der Waals surface area contributed by atoms with Gasteiger partial charge in [0.2, 0.25) is 5.69 Å². The molecule has 0 spiro atoms. The molecule has 0 saturated carbocycles. The molecule has 1 aliphatic heterocycles. The van der Waals surface area contributed by atoms with Gasteiger partial charge in [-0.05, 0) is 64.5 Å². The summed E-state index contributed by atoms with van der Waals surface area (Å²) >= 11 is 0. The fourth-order valence-corrected chi connectivity index (χ4v) is 5.29. The molecule has 1 fully saturated rings. The topological polar surface area (TPSA) is 101 Å². The minimum atomic E-state index is -1.33.